The molecule has 0 saturated carbocycles. The lowest BCUT2D eigenvalue weighted by molar-refractivity contribution is -0.118. The smallest absolute Gasteiger partial charge is 0.239 e. The van der Waals surface area contributed by atoms with Gasteiger partial charge in [0.05, 0.1) is 24.0 Å². The van der Waals surface area contributed by atoms with Crippen LogP contribution >= 0.6 is 0 Å². The highest BCUT2D eigenvalue weighted by Gasteiger charge is 2.28. The van der Waals surface area contributed by atoms with Crippen LogP contribution in [0.1, 0.15) is 23.1 Å². The Morgan fingerprint density at radius 1 is 1.28 bits per heavy atom. The molecule has 1 atom stereocenters. The van der Waals surface area contributed by atoms with E-state index in [1.807, 2.05) is 62.0 Å². The standard InChI is InChI=1S/C21H27N7O/c1-15-4-6-17(7-5-15)28-19(12-16(2)25-28)24-20(29)14-27-11-8-22-13-18(27)21-23-9-10-26(21)3/h4-7,9-10,12,18,22H,8,11,13-14H2,1-3H3,(H,24,29). The van der Waals surface area contributed by atoms with Crippen LogP contribution in [0.4, 0.5) is 5.82 Å². The first kappa shape index (κ1) is 19.4. The number of anilines is 1. The van der Waals surface area contributed by atoms with Crippen LogP contribution in [0.15, 0.2) is 42.7 Å². The lowest BCUT2D eigenvalue weighted by Gasteiger charge is -2.35. The average Bonchev–Trinajstić information content (AvgIpc) is 3.28. The molecule has 0 bridgehead atoms. The van der Waals surface area contributed by atoms with Gasteiger partial charge in [0.15, 0.2) is 0 Å². The summed E-state index contributed by atoms with van der Waals surface area (Å²) in [5, 5.41) is 11.0. The zero-order valence-electron chi connectivity index (χ0n) is 17.1. The van der Waals surface area contributed by atoms with Crippen molar-refractivity contribution in [2.24, 2.45) is 7.05 Å². The molecule has 0 spiro atoms. The molecule has 29 heavy (non-hydrogen) atoms. The van der Waals surface area contributed by atoms with Crippen LogP contribution in [0.5, 0.6) is 0 Å². The Morgan fingerprint density at radius 3 is 2.79 bits per heavy atom. The quantitative estimate of drug-likeness (QED) is 0.691. The molecule has 3 heterocycles. The normalized spacial score (nSPS) is 17.4. The number of hydrogen-bond donors (Lipinski definition) is 2. The Balaban J connectivity index is 1.50. The highest BCUT2D eigenvalue weighted by Crippen LogP contribution is 2.21. The maximum absolute atomic E-state index is 12.9. The molecular formula is C21H27N7O. The number of hydrogen-bond acceptors (Lipinski definition) is 5. The van der Waals surface area contributed by atoms with Gasteiger partial charge in [-0.1, -0.05) is 17.7 Å². The third-order valence-electron chi connectivity index (χ3n) is 5.24. The number of benzene rings is 1. The van der Waals surface area contributed by atoms with Gasteiger partial charge in [0.25, 0.3) is 0 Å². The van der Waals surface area contributed by atoms with Crippen LogP contribution in [0.2, 0.25) is 0 Å². The van der Waals surface area contributed by atoms with Crippen molar-refractivity contribution >= 4 is 11.7 Å². The largest absolute Gasteiger partial charge is 0.337 e. The van der Waals surface area contributed by atoms with E-state index in [9.17, 15) is 4.79 Å². The van der Waals surface area contributed by atoms with Crippen molar-refractivity contribution in [1.29, 1.82) is 0 Å². The summed E-state index contributed by atoms with van der Waals surface area (Å²) in [6, 6.07) is 10.0. The molecule has 1 aliphatic rings. The van der Waals surface area contributed by atoms with E-state index < -0.39 is 0 Å². The molecule has 4 rings (SSSR count). The fraction of sp³-hybridized carbons (Fsp3) is 0.381. The van der Waals surface area contributed by atoms with Crippen LogP contribution in [0.3, 0.4) is 0 Å². The number of aromatic nitrogens is 4. The van der Waals surface area contributed by atoms with Gasteiger partial charge in [0, 0.05) is 45.1 Å². The van der Waals surface area contributed by atoms with Crippen LogP contribution in [-0.4, -0.2) is 56.3 Å². The summed E-state index contributed by atoms with van der Waals surface area (Å²) in [6.07, 6.45) is 3.73. The van der Waals surface area contributed by atoms with Gasteiger partial charge in [-0.2, -0.15) is 5.10 Å². The molecule has 8 nitrogen and oxygen atoms in total. The number of amides is 1. The summed E-state index contributed by atoms with van der Waals surface area (Å²) < 4.78 is 3.79. The average molecular weight is 393 g/mol. The Morgan fingerprint density at radius 2 is 2.07 bits per heavy atom. The van der Waals surface area contributed by atoms with Gasteiger partial charge < -0.3 is 15.2 Å². The first-order chi connectivity index (χ1) is 14.0. The molecule has 1 aliphatic heterocycles. The zero-order chi connectivity index (χ0) is 20.4. The van der Waals surface area contributed by atoms with Crippen molar-refractivity contribution in [1.82, 2.24) is 29.5 Å². The molecule has 2 aromatic heterocycles. The molecule has 8 heteroatoms. The van der Waals surface area contributed by atoms with Crippen LogP contribution < -0.4 is 10.6 Å². The fourth-order valence-electron chi connectivity index (χ4n) is 3.73. The Kier molecular flexibility index (Phi) is 5.46. The zero-order valence-corrected chi connectivity index (χ0v) is 17.1. The van der Waals surface area contributed by atoms with E-state index in [-0.39, 0.29) is 11.9 Å². The van der Waals surface area contributed by atoms with Gasteiger partial charge in [0.1, 0.15) is 11.6 Å². The predicted molar refractivity (Wildman–Crippen MR) is 112 cm³/mol. The number of imidazole rings is 1. The van der Waals surface area contributed by atoms with E-state index in [0.29, 0.717) is 12.4 Å². The lowest BCUT2D eigenvalue weighted by atomic mass is 10.1. The molecule has 1 amide bonds. The lowest BCUT2D eigenvalue weighted by Crippen LogP contribution is -2.49. The molecular weight excluding hydrogens is 366 g/mol. The molecule has 152 valence electrons. The molecule has 2 N–H and O–H groups in total. The monoisotopic (exact) mass is 393 g/mol. The Bertz CT molecular complexity index is 989. The third kappa shape index (κ3) is 4.23. The van der Waals surface area contributed by atoms with Crippen LogP contribution in [-0.2, 0) is 11.8 Å². The summed E-state index contributed by atoms with van der Waals surface area (Å²) in [5.74, 6) is 1.59. The van der Waals surface area contributed by atoms with Crippen molar-refractivity contribution in [3.63, 3.8) is 0 Å². The second-order valence-corrected chi connectivity index (χ2v) is 7.55. The minimum absolute atomic E-state index is 0.0561. The number of carbonyl (C=O) groups excluding carboxylic acids is 1. The summed E-state index contributed by atoms with van der Waals surface area (Å²) in [7, 11) is 1.98. The van der Waals surface area contributed by atoms with Crippen molar-refractivity contribution in [2.45, 2.75) is 19.9 Å². The van der Waals surface area contributed by atoms with Crippen molar-refractivity contribution < 1.29 is 4.79 Å². The number of rotatable bonds is 5. The number of nitrogens with zero attached hydrogens (tertiary/aromatic N) is 5. The molecule has 0 aliphatic carbocycles. The highest BCUT2D eigenvalue weighted by atomic mass is 16.2. The number of nitrogens with one attached hydrogen (secondary N) is 2. The second kappa shape index (κ2) is 8.18. The van der Waals surface area contributed by atoms with E-state index in [2.05, 4.69) is 25.6 Å². The number of carbonyl (C=O) groups is 1. The highest BCUT2D eigenvalue weighted by molar-refractivity contribution is 5.91. The predicted octanol–water partition coefficient (Wildman–Crippen LogP) is 1.81. The van der Waals surface area contributed by atoms with Gasteiger partial charge in [-0.05, 0) is 26.0 Å². The van der Waals surface area contributed by atoms with E-state index in [1.165, 1.54) is 5.56 Å². The Hall–Kier alpha value is -2.97. The first-order valence-electron chi connectivity index (χ1n) is 9.87. The van der Waals surface area contributed by atoms with Crippen LogP contribution in [0.25, 0.3) is 5.69 Å². The van der Waals surface area contributed by atoms with Gasteiger partial charge in [-0.15, -0.1) is 0 Å². The van der Waals surface area contributed by atoms with Gasteiger partial charge in [0.2, 0.25) is 5.91 Å². The number of aryl methyl sites for hydroxylation is 3. The second-order valence-electron chi connectivity index (χ2n) is 7.55. The minimum Gasteiger partial charge on any atom is -0.337 e. The molecule has 1 aromatic carbocycles. The molecule has 1 unspecified atom stereocenters. The van der Waals surface area contributed by atoms with Crippen molar-refractivity contribution in [2.75, 3.05) is 31.5 Å². The third-order valence-corrected chi connectivity index (χ3v) is 5.24. The van der Waals surface area contributed by atoms with Crippen molar-refractivity contribution in [3.05, 3.63) is 59.8 Å². The van der Waals surface area contributed by atoms with E-state index in [4.69, 9.17) is 0 Å². The molecule has 0 radical (unpaired) electrons. The maximum atomic E-state index is 12.9. The Labute approximate surface area is 170 Å². The first-order valence-corrected chi connectivity index (χ1v) is 9.87. The van der Waals surface area contributed by atoms with Gasteiger partial charge >= 0.3 is 0 Å². The van der Waals surface area contributed by atoms with Crippen LogP contribution in [0, 0.1) is 13.8 Å². The van der Waals surface area contributed by atoms with E-state index >= 15 is 0 Å². The number of piperazine rings is 1. The summed E-state index contributed by atoms with van der Waals surface area (Å²) >= 11 is 0. The van der Waals surface area contributed by atoms with Gasteiger partial charge in [-0.3, -0.25) is 9.69 Å². The summed E-state index contributed by atoms with van der Waals surface area (Å²) in [6.45, 7) is 6.70. The SMILES string of the molecule is Cc1ccc(-n2nc(C)cc2NC(=O)CN2CCNCC2c2nccn2C)cc1. The molecule has 1 saturated heterocycles. The van der Waals surface area contributed by atoms with E-state index in [1.54, 1.807) is 10.9 Å². The van der Waals surface area contributed by atoms with E-state index in [0.717, 1.165) is 36.8 Å². The summed E-state index contributed by atoms with van der Waals surface area (Å²) in [4.78, 5) is 19.5. The van der Waals surface area contributed by atoms with Crippen molar-refractivity contribution in [3.8, 4) is 5.69 Å². The van der Waals surface area contributed by atoms with Gasteiger partial charge in [-0.25, -0.2) is 9.67 Å². The fourth-order valence-corrected chi connectivity index (χ4v) is 3.73. The minimum atomic E-state index is -0.0561. The molecule has 1 fully saturated rings. The molecule has 3 aromatic rings. The maximum Gasteiger partial charge on any atom is 0.239 e. The summed E-state index contributed by atoms with van der Waals surface area (Å²) in [5.41, 5.74) is 2.96. The topological polar surface area (TPSA) is 80.0 Å².